The fraction of sp³-hybridized carbons (Fsp3) is 0.550. The zero-order valence-corrected chi connectivity index (χ0v) is 15.7. The van der Waals surface area contributed by atoms with E-state index in [2.05, 4.69) is 21.6 Å². The van der Waals surface area contributed by atoms with E-state index >= 15 is 0 Å². The summed E-state index contributed by atoms with van der Waals surface area (Å²) in [5, 5.41) is 10.8. The molecule has 0 aliphatic carbocycles. The lowest BCUT2D eigenvalue weighted by atomic mass is 10.1. The van der Waals surface area contributed by atoms with Crippen molar-refractivity contribution in [3.63, 3.8) is 0 Å². The molecule has 0 atom stereocenters. The highest BCUT2D eigenvalue weighted by molar-refractivity contribution is 5.77. The third-order valence-corrected chi connectivity index (χ3v) is 5.24. The number of amides is 1. The van der Waals surface area contributed by atoms with Gasteiger partial charge in [0, 0.05) is 17.9 Å². The van der Waals surface area contributed by atoms with Gasteiger partial charge in [0.25, 0.3) is 0 Å². The first-order valence-electron chi connectivity index (χ1n) is 9.94. The van der Waals surface area contributed by atoms with Gasteiger partial charge in [-0.05, 0) is 31.4 Å². The van der Waals surface area contributed by atoms with Crippen molar-refractivity contribution in [3.8, 4) is 0 Å². The Labute approximate surface area is 159 Å². The van der Waals surface area contributed by atoms with Crippen molar-refractivity contribution < 1.29 is 9.53 Å². The van der Waals surface area contributed by atoms with Crippen LogP contribution in [0.15, 0.2) is 18.2 Å². The van der Waals surface area contributed by atoms with Crippen molar-refractivity contribution in [1.82, 2.24) is 20.1 Å². The molecular weight excluding hydrogens is 342 g/mol. The van der Waals surface area contributed by atoms with E-state index in [4.69, 9.17) is 9.72 Å². The van der Waals surface area contributed by atoms with E-state index in [9.17, 15) is 4.79 Å². The minimum absolute atomic E-state index is 0.128. The van der Waals surface area contributed by atoms with Gasteiger partial charge in [0.15, 0.2) is 5.82 Å². The van der Waals surface area contributed by atoms with E-state index in [1.807, 2.05) is 17.0 Å². The number of nitrogens with zero attached hydrogens (tertiary/aromatic N) is 3. The number of pyridine rings is 1. The molecular formula is C20H27N5O2. The van der Waals surface area contributed by atoms with Crippen LogP contribution in [-0.4, -0.2) is 39.2 Å². The van der Waals surface area contributed by atoms with Crippen molar-refractivity contribution in [2.75, 3.05) is 18.5 Å². The van der Waals surface area contributed by atoms with Crippen LogP contribution in [0.4, 0.5) is 11.6 Å². The number of anilines is 2. The first kappa shape index (κ1) is 18.0. The highest BCUT2D eigenvalue weighted by Gasteiger charge is 2.28. The summed E-state index contributed by atoms with van der Waals surface area (Å²) in [6.45, 7) is 2.40. The van der Waals surface area contributed by atoms with Crippen LogP contribution < -0.4 is 5.32 Å². The van der Waals surface area contributed by atoms with E-state index in [-0.39, 0.29) is 5.91 Å². The standard InChI is InChI=1S/C20H27N5O2/c26-19-10-12-27-11-5-3-1-2-4-7-15-8-6-9-18(21-15)22-20-16-13-25(19)14-17(16)23-24-20/h6,8-9H,1-5,7,10-14H2,(H2,21,22,23,24). The monoisotopic (exact) mass is 369 g/mol. The molecule has 4 heterocycles. The fourth-order valence-corrected chi connectivity index (χ4v) is 3.69. The number of ether oxygens (including phenoxy) is 1. The summed E-state index contributed by atoms with van der Waals surface area (Å²) in [7, 11) is 0. The Morgan fingerprint density at radius 3 is 2.85 bits per heavy atom. The summed E-state index contributed by atoms with van der Waals surface area (Å²) >= 11 is 0. The molecule has 2 aliphatic heterocycles. The molecule has 0 saturated carbocycles. The Morgan fingerprint density at radius 1 is 1.00 bits per heavy atom. The van der Waals surface area contributed by atoms with Gasteiger partial charge in [-0.2, -0.15) is 5.10 Å². The van der Waals surface area contributed by atoms with Crippen molar-refractivity contribution in [3.05, 3.63) is 35.2 Å². The second-order valence-corrected chi connectivity index (χ2v) is 7.30. The zero-order valence-electron chi connectivity index (χ0n) is 15.7. The van der Waals surface area contributed by atoms with Gasteiger partial charge < -0.3 is 15.0 Å². The summed E-state index contributed by atoms with van der Waals surface area (Å²) in [5.41, 5.74) is 3.15. The topological polar surface area (TPSA) is 83.1 Å². The van der Waals surface area contributed by atoms with E-state index in [1.165, 1.54) is 19.3 Å². The van der Waals surface area contributed by atoms with E-state index in [1.54, 1.807) is 0 Å². The molecule has 7 nitrogen and oxygen atoms in total. The third-order valence-electron chi connectivity index (χ3n) is 5.24. The lowest BCUT2D eigenvalue weighted by Crippen LogP contribution is -2.26. The molecule has 144 valence electrons. The normalized spacial score (nSPS) is 19.1. The molecule has 1 amide bonds. The highest BCUT2D eigenvalue weighted by Crippen LogP contribution is 2.29. The van der Waals surface area contributed by atoms with Crippen molar-refractivity contribution in [2.45, 2.75) is 58.0 Å². The van der Waals surface area contributed by atoms with Crippen molar-refractivity contribution in [2.24, 2.45) is 0 Å². The number of aromatic amines is 1. The lowest BCUT2D eigenvalue weighted by Gasteiger charge is -2.16. The van der Waals surface area contributed by atoms with Gasteiger partial charge in [0.2, 0.25) is 5.91 Å². The first-order valence-corrected chi connectivity index (χ1v) is 9.94. The van der Waals surface area contributed by atoms with Gasteiger partial charge in [-0.15, -0.1) is 0 Å². The Balaban J connectivity index is 1.49. The predicted molar refractivity (Wildman–Crippen MR) is 103 cm³/mol. The molecule has 0 aromatic carbocycles. The summed E-state index contributed by atoms with van der Waals surface area (Å²) in [5.74, 6) is 1.69. The van der Waals surface area contributed by atoms with Gasteiger partial charge in [-0.1, -0.05) is 25.3 Å². The molecule has 2 N–H and O–H groups in total. The molecule has 4 rings (SSSR count). The number of carbonyl (C=O) groups excluding carboxylic acids is 1. The van der Waals surface area contributed by atoms with Crippen LogP contribution in [0.25, 0.3) is 0 Å². The maximum atomic E-state index is 12.4. The molecule has 0 spiro atoms. The first-order chi connectivity index (χ1) is 13.3. The number of hydrogen-bond donors (Lipinski definition) is 2. The molecule has 0 saturated heterocycles. The van der Waals surface area contributed by atoms with Gasteiger partial charge in [0.05, 0.1) is 31.8 Å². The molecule has 4 bridgehead atoms. The number of aromatic nitrogens is 3. The molecule has 0 radical (unpaired) electrons. The maximum Gasteiger partial charge on any atom is 0.225 e. The number of H-pyrrole nitrogens is 1. The van der Waals surface area contributed by atoms with Crippen molar-refractivity contribution in [1.29, 1.82) is 0 Å². The van der Waals surface area contributed by atoms with E-state index in [0.717, 1.165) is 54.5 Å². The minimum atomic E-state index is 0.128. The van der Waals surface area contributed by atoms with Crippen LogP contribution in [0.3, 0.4) is 0 Å². The van der Waals surface area contributed by atoms with Crippen LogP contribution in [0.1, 0.15) is 55.5 Å². The smallest absolute Gasteiger partial charge is 0.225 e. The number of rotatable bonds is 0. The quantitative estimate of drug-likeness (QED) is 0.744. The van der Waals surface area contributed by atoms with Crippen LogP contribution in [0.5, 0.6) is 0 Å². The molecule has 7 heteroatoms. The van der Waals surface area contributed by atoms with Gasteiger partial charge in [0.1, 0.15) is 5.82 Å². The van der Waals surface area contributed by atoms with Crippen LogP contribution >= 0.6 is 0 Å². The van der Waals surface area contributed by atoms with Crippen LogP contribution in [-0.2, 0) is 29.0 Å². The molecule has 2 aromatic rings. The Bertz CT molecular complexity index is 788. The average Bonchev–Trinajstić information content (AvgIpc) is 3.25. The van der Waals surface area contributed by atoms with E-state index in [0.29, 0.717) is 26.1 Å². The second-order valence-electron chi connectivity index (χ2n) is 7.30. The summed E-state index contributed by atoms with van der Waals surface area (Å²) in [4.78, 5) is 19.0. The van der Waals surface area contributed by atoms with Crippen LogP contribution in [0.2, 0.25) is 0 Å². The SMILES string of the molecule is O=C1CCOCCCCCCCc2cccc(n2)Nc2n[nH]c3c2CN1C3. The number of carbonyl (C=O) groups is 1. The Hall–Kier alpha value is -2.41. The average molecular weight is 369 g/mol. The van der Waals surface area contributed by atoms with Crippen molar-refractivity contribution >= 4 is 17.5 Å². The lowest BCUT2D eigenvalue weighted by molar-refractivity contribution is -0.133. The zero-order chi connectivity index (χ0) is 18.5. The maximum absolute atomic E-state index is 12.4. The number of aryl methyl sites for hydroxylation is 1. The number of fused-ring (bicyclic) bond motifs is 3. The highest BCUT2D eigenvalue weighted by atomic mass is 16.5. The van der Waals surface area contributed by atoms with Gasteiger partial charge in [-0.3, -0.25) is 9.89 Å². The summed E-state index contributed by atoms with van der Waals surface area (Å²) in [6, 6.07) is 6.08. The summed E-state index contributed by atoms with van der Waals surface area (Å²) < 4.78 is 5.65. The molecule has 0 unspecified atom stereocenters. The van der Waals surface area contributed by atoms with Crippen LogP contribution in [0, 0.1) is 0 Å². The largest absolute Gasteiger partial charge is 0.381 e. The fourth-order valence-electron chi connectivity index (χ4n) is 3.69. The third kappa shape index (κ3) is 4.47. The summed E-state index contributed by atoms with van der Waals surface area (Å²) in [6.07, 6.45) is 7.25. The van der Waals surface area contributed by atoms with Gasteiger partial charge in [-0.25, -0.2) is 4.98 Å². The molecule has 2 aromatic heterocycles. The number of nitrogens with one attached hydrogen (secondary N) is 2. The minimum Gasteiger partial charge on any atom is -0.381 e. The Kier molecular flexibility index (Phi) is 5.67. The second kappa shape index (κ2) is 8.52. The molecule has 0 fully saturated rings. The number of hydrogen-bond acceptors (Lipinski definition) is 5. The van der Waals surface area contributed by atoms with E-state index < -0.39 is 0 Å². The van der Waals surface area contributed by atoms with Gasteiger partial charge >= 0.3 is 0 Å². The molecule has 2 aliphatic rings. The Morgan fingerprint density at radius 2 is 1.89 bits per heavy atom. The molecule has 27 heavy (non-hydrogen) atoms. The predicted octanol–water partition coefficient (Wildman–Crippen LogP) is 3.30.